The van der Waals surface area contributed by atoms with Gasteiger partial charge in [0.2, 0.25) is 0 Å². The van der Waals surface area contributed by atoms with Gasteiger partial charge in [-0.3, -0.25) is 0 Å². The second-order valence-corrected chi connectivity index (χ2v) is 38.6. The highest BCUT2D eigenvalue weighted by Gasteiger charge is 2.37. The number of fused-ring (bicyclic) bond motifs is 21. The van der Waals surface area contributed by atoms with Crippen LogP contribution in [0.25, 0.3) is 197 Å². The first-order chi connectivity index (χ1) is 69.4. The van der Waals surface area contributed by atoms with E-state index in [4.69, 9.17) is 17.7 Å². The van der Waals surface area contributed by atoms with E-state index in [1.54, 1.807) is 0 Å². The molecule has 0 saturated carbocycles. The van der Waals surface area contributed by atoms with Crippen LogP contribution in [-0.2, 0) is 10.8 Å². The molecular formula is C132H94N4O4S. The average Bonchev–Trinajstić information content (AvgIpc) is 1.59. The highest BCUT2D eigenvalue weighted by Crippen LogP contribution is 2.54. The number of para-hydroxylation sites is 7. The molecule has 0 spiro atoms. The van der Waals surface area contributed by atoms with Crippen molar-refractivity contribution in [3.8, 4) is 89.0 Å². The third-order valence-corrected chi connectivity index (χ3v) is 29.4. The van der Waals surface area contributed by atoms with Gasteiger partial charge in [-0.25, -0.2) is 0 Å². The maximum absolute atomic E-state index is 6.50. The molecule has 0 aliphatic heterocycles. The molecule has 21 aromatic carbocycles. The van der Waals surface area contributed by atoms with Crippen LogP contribution in [0.15, 0.2) is 491 Å². The van der Waals surface area contributed by atoms with E-state index < -0.39 is 0 Å². The molecule has 0 fully saturated rings. The lowest BCUT2D eigenvalue weighted by molar-refractivity contribution is 0.660. The molecule has 28 rings (SSSR count). The maximum Gasteiger partial charge on any atom is 0.145 e. The van der Waals surface area contributed by atoms with Crippen molar-refractivity contribution in [1.82, 2.24) is 0 Å². The third-order valence-electron chi connectivity index (χ3n) is 28.3. The molecule has 4 N–H and O–H groups in total. The summed E-state index contributed by atoms with van der Waals surface area (Å²) in [6, 6.07) is 166. The minimum atomic E-state index is -0.0422. The van der Waals surface area contributed by atoms with Crippen LogP contribution in [0, 0.1) is 0 Å². The van der Waals surface area contributed by atoms with Crippen molar-refractivity contribution in [3.63, 3.8) is 0 Å². The van der Waals surface area contributed by atoms with Gasteiger partial charge in [0.25, 0.3) is 0 Å². The summed E-state index contributed by atoms with van der Waals surface area (Å²) in [5.41, 5.74) is 40.4. The van der Waals surface area contributed by atoms with Gasteiger partial charge in [-0.05, 0) is 211 Å². The van der Waals surface area contributed by atoms with Crippen LogP contribution >= 0.6 is 11.3 Å². The number of benzene rings is 21. The summed E-state index contributed by atoms with van der Waals surface area (Å²) in [5, 5.41) is 26.4. The van der Waals surface area contributed by atoms with Crippen LogP contribution < -0.4 is 21.3 Å². The molecule has 672 valence electrons. The molecular weight excluding hydrogens is 1740 g/mol. The fraction of sp³-hybridized carbons (Fsp3) is 0.0455. The van der Waals surface area contributed by atoms with Crippen molar-refractivity contribution in [2.24, 2.45) is 0 Å². The average molecular weight is 1830 g/mol. The lowest BCUT2D eigenvalue weighted by atomic mass is 9.81. The molecule has 0 radical (unpaired) electrons. The Balaban J connectivity index is 0.000000100. The molecule has 26 aromatic rings. The molecule has 5 aromatic heterocycles. The van der Waals surface area contributed by atoms with Crippen LogP contribution in [0.3, 0.4) is 0 Å². The first kappa shape index (κ1) is 84.9. The largest absolute Gasteiger partial charge is 0.456 e. The number of furan rings is 4. The Bertz CT molecular complexity index is 9290. The van der Waals surface area contributed by atoms with Crippen LogP contribution in [0.5, 0.6) is 0 Å². The Morgan fingerprint density at radius 1 is 0.177 bits per heavy atom. The predicted octanol–water partition coefficient (Wildman–Crippen LogP) is 38.3. The minimum absolute atomic E-state index is 0.0145. The Hall–Kier alpha value is -17.8. The normalized spacial score (nSPS) is 12.5. The van der Waals surface area contributed by atoms with Gasteiger partial charge in [-0.15, -0.1) is 11.3 Å². The maximum atomic E-state index is 6.50. The summed E-state index contributed by atoms with van der Waals surface area (Å²) in [7, 11) is 0. The van der Waals surface area contributed by atoms with Gasteiger partial charge >= 0.3 is 0 Å². The summed E-state index contributed by atoms with van der Waals surface area (Å²) in [4.78, 5) is 0. The molecule has 5 heterocycles. The van der Waals surface area contributed by atoms with E-state index >= 15 is 0 Å². The number of hydrogen-bond acceptors (Lipinski definition) is 9. The van der Waals surface area contributed by atoms with Crippen molar-refractivity contribution in [1.29, 1.82) is 0 Å². The molecule has 2 aliphatic carbocycles. The van der Waals surface area contributed by atoms with Crippen LogP contribution in [-0.4, -0.2) is 0 Å². The van der Waals surface area contributed by atoms with Gasteiger partial charge in [0.15, 0.2) is 0 Å². The van der Waals surface area contributed by atoms with E-state index in [1.807, 2.05) is 96.3 Å². The van der Waals surface area contributed by atoms with E-state index in [2.05, 4.69) is 437 Å². The second kappa shape index (κ2) is 35.4. The standard InChI is InChI=1S/C39H29NO.C36H23NO2.C33H25NS.C24H17NO/c1-39(2)32-17-9-6-15-29(32)30-21-20-26(24-33(30)39)27-14-7-10-18-34(27)40-35-23-22-28(25-12-4-3-5-13-25)38-37(35)31-16-8-11-19-36(31)41-38;1-2-9-23(10-3-1)27-21-22-31(34-30-12-5-7-16-33(30)39-36(27)34)37-25-19-17-24(18-20-25)26-13-8-14-29-28-11-4-6-15-32(28)38-35(26)29;1-33(2)28-14-8-6-12-23(28)24-17-16-22(18-29(24)33)34-30-19-27-25-13-7-9-15-31(25)35-32(27)20-26(30)21-10-4-3-5-11-21;1-3-9-17(10-4-1)18-15-21(25-19-11-5-2-6-12-19)24-20-13-7-8-14-22(20)26-23(24)16-18/h3-24,40H,1-2H3;1-22,37H;3-20,34H,1-2H3;1-16,25H. The first-order valence-electron chi connectivity index (χ1n) is 48.1. The zero-order valence-corrected chi connectivity index (χ0v) is 78.9. The van der Waals surface area contributed by atoms with E-state index in [1.165, 1.54) is 92.5 Å². The summed E-state index contributed by atoms with van der Waals surface area (Å²) in [6.45, 7) is 9.34. The summed E-state index contributed by atoms with van der Waals surface area (Å²) in [5.74, 6) is 0. The summed E-state index contributed by atoms with van der Waals surface area (Å²) >= 11 is 1.87. The number of anilines is 8. The highest BCUT2D eigenvalue weighted by atomic mass is 32.1. The molecule has 0 atom stereocenters. The fourth-order valence-electron chi connectivity index (χ4n) is 21.4. The van der Waals surface area contributed by atoms with E-state index in [0.29, 0.717) is 0 Å². The minimum Gasteiger partial charge on any atom is -0.456 e. The number of hydrogen-bond donors (Lipinski definition) is 4. The molecule has 2 aliphatic rings. The second-order valence-electron chi connectivity index (χ2n) is 37.5. The van der Waals surface area contributed by atoms with Gasteiger partial charge in [0.1, 0.15) is 44.7 Å². The van der Waals surface area contributed by atoms with Gasteiger partial charge in [0.05, 0.1) is 33.2 Å². The van der Waals surface area contributed by atoms with Crippen LogP contribution in [0.4, 0.5) is 45.5 Å². The quantitative estimate of drug-likeness (QED) is 0.0854. The van der Waals surface area contributed by atoms with Gasteiger partial charge < -0.3 is 38.9 Å². The number of nitrogens with one attached hydrogen (secondary N) is 4. The topological polar surface area (TPSA) is 101 Å². The zero-order valence-electron chi connectivity index (χ0n) is 78.1. The Labute approximate surface area is 820 Å². The van der Waals surface area contributed by atoms with E-state index in [-0.39, 0.29) is 10.8 Å². The molecule has 141 heavy (non-hydrogen) atoms. The molecule has 0 unspecified atom stereocenters. The summed E-state index contributed by atoms with van der Waals surface area (Å²) in [6.07, 6.45) is 0. The van der Waals surface area contributed by atoms with Crippen LogP contribution in [0.2, 0.25) is 0 Å². The van der Waals surface area contributed by atoms with Crippen molar-refractivity contribution in [3.05, 3.63) is 495 Å². The smallest absolute Gasteiger partial charge is 0.145 e. The summed E-state index contributed by atoms with van der Waals surface area (Å²) < 4.78 is 28.0. The lowest BCUT2D eigenvalue weighted by Crippen LogP contribution is -2.15. The highest BCUT2D eigenvalue weighted by molar-refractivity contribution is 7.25. The molecule has 0 amide bonds. The Kier molecular flexibility index (Phi) is 21.3. The first-order valence-corrected chi connectivity index (χ1v) is 49.0. The van der Waals surface area contributed by atoms with E-state index in [9.17, 15) is 0 Å². The van der Waals surface area contributed by atoms with Crippen molar-refractivity contribution in [2.75, 3.05) is 21.3 Å². The lowest BCUT2D eigenvalue weighted by Gasteiger charge is -2.22. The van der Waals surface area contributed by atoms with Gasteiger partial charge in [-0.1, -0.05) is 373 Å². The predicted molar refractivity (Wildman–Crippen MR) is 594 cm³/mol. The SMILES string of the molecule is CC1(C)c2ccccc2-c2ccc(-c3ccccc3Nc3ccc(-c4ccccc4)c4oc5ccccc5c34)cc21.CC1(C)c2ccccc2-c2ccc(Nc3cc4c(cc3-c3ccccc3)sc3ccccc34)cc21.c1ccc(-c2ccc(Nc3ccc(-c4cccc5c4oc4ccccc45)cc3)c3c2oc2ccccc23)cc1.c1ccc(Nc2cc(-c3ccccc3)cc3oc4ccccc4c23)cc1. The van der Waals surface area contributed by atoms with Crippen LogP contribution in [0.1, 0.15) is 49.9 Å². The molecule has 8 nitrogen and oxygen atoms in total. The molecule has 0 bridgehead atoms. The molecule has 9 heteroatoms. The zero-order chi connectivity index (χ0) is 94.2. The van der Waals surface area contributed by atoms with Crippen molar-refractivity contribution in [2.45, 2.75) is 38.5 Å². The Morgan fingerprint density at radius 3 is 1.18 bits per heavy atom. The van der Waals surface area contributed by atoms with Crippen molar-refractivity contribution >= 4 is 165 Å². The van der Waals surface area contributed by atoms with Crippen molar-refractivity contribution < 1.29 is 17.7 Å². The fourth-order valence-corrected chi connectivity index (χ4v) is 22.5. The monoisotopic (exact) mass is 1830 g/mol. The molecule has 0 saturated heterocycles. The number of thiophene rings is 1. The third kappa shape index (κ3) is 15.4. The van der Waals surface area contributed by atoms with E-state index in [0.717, 1.165) is 172 Å². The van der Waals surface area contributed by atoms with Gasteiger partial charge in [-0.2, -0.15) is 0 Å². The number of rotatable bonds is 14. The Morgan fingerprint density at radius 2 is 0.574 bits per heavy atom. The van der Waals surface area contributed by atoms with Gasteiger partial charge in [0, 0.05) is 114 Å².